The number of aryl methyl sites for hydroxylation is 1. The van der Waals surface area contributed by atoms with Crippen molar-refractivity contribution in [1.29, 1.82) is 0 Å². The van der Waals surface area contributed by atoms with E-state index in [-0.39, 0.29) is 6.42 Å². The molecule has 1 aromatic rings. The molecule has 6 nitrogen and oxygen atoms in total. The topological polar surface area (TPSA) is 67.6 Å². The quantitative estimate of drug-likeness (QED) is 0.814. The van der Waals surface area contributed by atoms with Crippen LogP contribution >= 0.6 is 0 Å². The number of nitrogens with zero attached hydrogens (tertiary/aromatic N) is 3. The van der Waals surface area contributed by atoms with Crippen LogP contribution in [0.3, 0.4) is 0 Å². The lowest BCUT2D eigenvalue weighted by Crippen LogP contribution is -2.29. The summed E-state index contributed by atoms with van der Waals surface area (Å²) in [6.45, 7) is 4.12. The van der Waals surface area contributed by atoms with Crippen LogP contribution in [0.4, 0.5) is 0 Å². The van der Waals surface area contributed by atoms with Crippen molar-refractivity contribution in [3.05, 3.63) is 18.0 Å². The van der Waals surface area contributed by atoms with Crippen LogP contribution in [0.1, 0.15) is 24.8 Å². The Morgan fingerprint density at radius 2 is 2.30 bits per heavy atom. The Morgan fingerprint density at radius 1 is 1.55 bits per heavy atom. The first-order valence-electron chi connectivity index (χ1n) is 7.13. The Labute approximate surface area is 119 Å². The molecular weight excluding hydrogens is 258 g/mol. The maximum atomic E-state index is 10.5. The normalized spacial score (nSPS) is 16.7. The van der Waals surface area contributed by atoms with E-state index in [0.29, 0.717) is 6.54 Å². The number of hydrogen-bond donors (Lipinski definition) is 1. The first-order valence-corrected chi connectivity index (χ1v) is 7.13. The number of carbonyl (C=O) groups is 1. The van der Waals surface area contributed by atoms with Crippen LogP contribution in [-0.4, -0.2) is 52.6 Å². The van der Waals surface area contributed by atoms with Crippen LogP contribution in [0, 0.1) is 5.92 Å². The average molecular weight is 281 g/mol. The zero-order chi connectivity index (χ0) is 14.4. The second kappa shape index (κ2) is 7.40. The molecule has 0 amide bonds. The lowest BCUT2D eigenvalue weighted by Gasteiger charge is -2.26. The molecule has 2 heterocycles. The van der Waals surface area contributed by atoms with Crippen molar-refractivity contribution in [1.82, 2.24) is 14.7 Å². The number of rotatable bonds is 7. The van der Waals surface area contributed by atoms with Crippen LogP contribution in [0.2, 0.25) is 0 Å². The van der Waals surface area contributed by atoms with Gasteiger partial charge in [0.15, 0.2) is 0 Å². The first kappa shape index (κ1) is 15.0. The molecule has 0 unspecified atom stereocenters. The fourth-order valence-corrected chi connectivity index (χ4v) is 2.57. The fourth-order valence-electron chi connectivity index (χ4n) is 2.57. The second-order valence-electron chi connectivity index (χ2n) is 5.51. The van der Waals surface area contributed by atoms with Gasteiger partial charge in [-0.2, -0.15) is 5.10 Å². The van der Waals surface area contributed by atoms with E-state index in [2.05, 4.69) is 17.0 Å². The van der Waals surface area contributed by atoms with Crippen molar-refractivity contribution < 1.29 is 14.6 Å². The summed E-state index contributed by atoms with van der Waals surface area (Å²) in [6, 6.07) is 0. The highest BCUT2D eigenvalue weighted by Gasteiger charge is 2.16. The van der Waals surface area contributed by atoms with E-state index < -0.39 is 5.97 Å². The minimum atomic E-state index is -0.793. The molecule has 0 radical (unpaired) electrons. The van der Waals surface area contributed by atoms with E-state index in [1.165, 1.54) is 0 Å². The summed E-state index contributed by atoms with van der Waals surface area (Å²) < 4.78 is 7.07. The monoisotopic (exact) mass is 281 g/mol. The molecule has 0 bridgehead atoms. The van der Waals surface area contributed by atoms with E-state index in [4.69, 9.17) is 9.84 Å². The van der Waals surface area contributed by atoms with Crippen LogP contribution in [-0.2, 0) is 22.6 Å². The van der Waals surface area contributed by atoms with Crippen LogP contribution < -0.4 is 0 Å². The number of aromatic nitrogens is 2. The Bertz CT molecular complexity index is 427. The molecule has 1 N–H and O–H groups in total. The standard InChI is InChI=1S/C14H23N3O3/c1-16(9-12-3-6-20-7-4-12)10-13-8-15-17(11-13)5-2-14(18)19/h8,11-12H,2-7,9-10H2,1H3,(H,18,19). The smallest absolute Gasteiger partial charge is 0.305 e. The van der Waals surface area contributed by atoms with Gasteiger partial charge in [-0.25, -0.2) is 0 Å². The lowest BCUT2D eigenvalue weighted by molar-refractivity contribution is -0.137. The molecule has 1 aromatic heterocycles. The van der Waals surface area contributed by atoms with Gasteiger partial charge in [0.05, 0.1) is 19.2 Å². The Balaban J connectivity index is 1.75. The van der Waals surface area contributed by atoms with E-state index in [9.17, 15) is 4.79 Å². The van der Waals surface area contributed by atoms with Crippen LogP contribution in [0.15, 0.2) is 12.4 Å². The molecule has 1 aliphatic rings. The second-order valence-corrected chi connectivity index (χ2v) is 5.51. The van der Waals surface area contributed by atoms with Gasteiger partial charge in [-0.1, -0.05) is 0 Å². The summed E-state index contributed by atoms with van der Waals surface area (Å²) in [4.78, 5) is 12.8. The highest BCUT2D eigenvalue weighted by molar-refractivity contribution is 5.66. The van der Waals surface area contributed by atoms with E-state index in [0.717, 1.165) is 50.6 Å². The summed E-state index contributed by atoms with van der Waals surface area (Å²) in [5.74, 6) is -0.0745. The van der Waals surface area contributed by atoms with Crippen LogP contribution in [0.25, 0.3) is 0 Å². The highest BCUT2D eigenvalue weighted by Crippen LogP contribution is 2.16. The van der Waals surface area contributed by atoms with E-state index in [1.54, 1.807) is 4.68 Å². The molecule has 1 aliphatic heterocycles. The van der Waals surface area contributed by atoms with Crippen molar-refractivity contribution in [2.75, 3.05) is 26.8 Å². The number of carboxylic acids is 1. The molecule has 6 heteroatoms. The molecule has 0 spiro atoms. The molecule has 2 rings (SSSR count). The summed E-state index contributed by atoms with van der Waals surface area (Å²) in [5.41, 5.74) is 1.13. The third-order valence-electron chi connectivity index (χ3n) is 3.60. The minimum absolute atomic E-state index is 0.110. The number of carboxylic acid groups (broad SMARTS) is 1. The SMILES string of the molecule is CN(Cc1cnn(CCC(=O)O)c1)CC1CCOCC1. The zero-order valence-electron chi connectivity index (χ0n) is 12.0. The van der Waals surface area contributed by atoms with Crippen molar-refractivity contribution >= 4 is 5.97 Å². The van der Waals surface area contributed by atoms with Crippen LogP contribution in [0.5, 0.6) is 0 Å². The van der Waals surface area contributed by atoms with Gasteiger partial charge in [-0.3, -0.25) is 9.48 Å². The van der Waals surface area contributed by atoms with Gasteiger partial charge in [0, 0.05) is 38.1 Å². The molecule has 20 heavy (non-hydrogen) atoms. The van der Waals surface area contributed by atoms with Gasteiger partial charge in [0.2, 0.25) is 0 Å². The summed E-state index contributed by atoms with van der Waals surface area (Å²) >= 11 is 0. The molecule has 112 valence electrons. The minimum Gasteiger partial charge on any atom is -0.481 e. The molecule has 0 aromatic carbocycles. The molecule has 1 saturated heterocycles. The van der Waals surface area contributed by atoms with Gasteiger partial charge in [0.25, 0.3) is 0 Å². The predicted octanol–water partition coefficient (Wildman–Crippen LogP) is 1.22. The zero-order valence-corrected chi connectivity index (χ0v) is 12.0. The molecule has 0 saturated carbocycles. The third kappa shape index (κ3) is 4.94. The number of ether oxygens (including phenoxy) is 1. The Hall–Kier alpha value is -1.40. The number of hydrogen-bond acceptors (Lipinski definition) is 4. The Kier molecular flexibility index (Phi) is 5.55. The van der Waals surface area contributed by atoms with Gasteiger partial charge in [-0.15, -0.1) is 0 Å². The average Bonchev–Trinajstić information content (AvgIpc) is 2.85. The highest BCUT2D eigenvalue weighted by atomic mass is 16.5. The van der Waals surface area contributed by atoms with Gasteiger partial charge in [-0.05, 0) is 25.8 Å². The lowest BCUT2D eigenvalue weighted by atomic mass is 10.00. The van der Waals surface area contributed by atoms with E-state index >= 15 is 0 Å². The fraction of sp³-hybridized carbons (Fsp3) is 0.714. The maximum Gasteiger partial charge on any atom is 0.305 e. The van der Waals surface area contributed by atoms with Crippen molar-refractivity contribution in [2.24, 2.45) is 5.92 Å². The van der Waals surface area contributed by atoms with E-state index in [1.807, 2.05) is 12.4 Å². The van der Waals surface area contributed by atoms with Gasteiger partial charge in [0.1, 0.15) is 0 Å². The maximum absolute atomic E-state index is 10.5. The Morgan fingerprint density at radius 3 is 3.00 bits per heavy atom. The van der Waals surface area contributed by atoms with Crippen molar-refractivity contribution in [2.45, 2.75) is 32.4 Å². The summed E-state index contributed by atoms with van der Waals surface area (Å²) in [7, 11) is 2.12. The van der Waals surface area contributed by atoms with Gasteiger partial charge < -0.3 is 14.7 Å². The third-order valence-corrected chi connectivity index (χ3v) is 3.60. The molecular formula is C14H23N3O3. The largest absolute Gasteiger partial charge is 0.481 e. The molecule has 0 aliphatic carbocycles. The summed E-state index contributed by atoms with van der Waals surface area (Å²) in [6.07, 6.45) is 6.15. The molecule has 1 fully saturated rings. The van der Waals surface area contributed by atoms with Crippen molar-refractivity contribution in [3.8, 4) is 0 Å². The first-order chi connectivity index (χ1) is 9.63. The van der Waals surface area contributed by atoms with Gasteiger partial charge >= 0.3 is 5.97 Å². The number of aliphatic carboxylic acids is 1. The predicted molar refractivity (Wildman–Crippen MR) is 74.4 cm³/mol. The summed E-state index contributed by atoms with van der Waals surface area (Å²) in [5, 5.41) is 12.8. The molecule has 0 atom stereocenters. The van der Waals surface area contributed by atoms with Crippen molar-refractivity contribution in [3.63, 3.8) is 0 Å².